The van der Waals surface area contributed by atoms with Crippen molar-refractivity contribution in [3.05, 3.63) is 57.6 Å². The van der Waals surface area contributed by atoms with Gasteiger partial charge in [0.05, 0.1) is 26.3 Å². The quantitative estimate of drug-likeness (QED) is 0.541. The average Bonchev–Trinajstić information content (AvgIpc) is 3.15. The van der Waals surface area contributed by atoms with Crippen molar-refractivity contribution < 1.29 is 19.1 Å². The Hall–Kier alpha value is -2.80. The number of nitro groups is 1. The maximum atomic E-state index is 11.1. The van der Waals surface area contributed by atoms with Crippen molar-refractivity contribution in [2.24, 2.45) is 0 Å². The van der Waals surface area contributed by atoms with Crippen LogP contribution < -0.4 is 14.2 Å². The van der Waals surface area contributed by atoms with Crippen LogP contribution in [0.5, 0.6) is 17.2 Å². The lowest BCUT2D eigenvalue weighted by molar-refractivity contribution is -0.385. The van der Waals surface area contributed by atoms with Crippen LogP contribution >= 0.6 is 0 Å². The van der Waals surface area contributed by atoms with Crippen molar-refractivity contribution in [1.82, 2.24) is 4.90 Å². The van der Waals surface area contributed by atoms with Crippen LogP contribution in [-0.4, -0.2) is 37.7 Å². The molecule has 2 aromatic rings. The maximum absolute atomic E-state index is 11.1. The number of methoxy groups -OCH3 is 3. The summed E-state index contributed by atoms with van der Waals surface area (Å²) in [6.45, 7) is 1.51. The molecule has 7 heteroatoms. The number of hydrogen-bond acceptors (Lipinski definition) is 6. The van der Waals surface area contributed by atoms with Gasteiger partial charge in [0.2, 0.25) is 0 Å². The third kappa shape index (κ3) is 3.98. The number of non-ortho nitro benzene ring substituents is 1. The van der Waals surface area contributed by atoms with Crippen LogP contribution in [0.15, 0.2) is 36.4 Å². The van der Waals surface area contributed by atoms with E-state index in [-0.39, 0.29) is 16.7 Å². The SMILES string of the molecule is COc1ccc([N+](=O)[O-])cc1CN1CCC[C@@H]1c1ccc(OC)c(OC)c1. The lowest BCUT2D eigenvalue weighted by Gasteiger charge is -2.26. The molecule has 1 atom stereocenters. The Labute approximate surface area is 158 Å². The summed E-state index contributed by atoms with van der Waals surface area (Å²) < 4.78 is 16.2. The number of ether oxygens (including phenoxy) is 3. The molecular formula is C20H24N2O5. The van der Waals surface area contributed by atoms with E-state index in [1.807, 2.05) is 12.1 Å². The van der Waals surface area contributed by atoms with Gasteiger partial charge < -0.3 is 14.2 Å². The van der Waals surface area contributed by atoms with E-state index in [1.54, 1.807) is 33.5 Å². The summed E-state index contributed by atoms with van der Waals surface area (Å²) in [5.41, 5.74) is 2.04. The molecule has 1 aliphatic rings. The van der Waals surface area contributed by atoms with Gasteiger partial charge >= 0.3 is 0 Å². The van der Waals surface area contributed by atoms with E-state index in [1.165, 1.54) is 6.07 Å². The molecule has 0 spiro atoms. The van der Waals surface area contributed by atoms with Gasteiger partial charge in [0.25, 0.3) is 5.69 Å². The summed E-state index contributed by atoms with van der Waals surface area (Å²) in [5, 5.41) is 11.1. The van der Waals surface area contributed by atoms with Crippen LogP contribution in [0.1, 0.15) is 30.0 Å². The first-order valence-electron chi connectivity index (χ1n) is 8.84. The summed E-state index contributed by atoms with van der Waals surface area (Å²) in [6, 6.07) is 10.9. The van der Waals surface area contributed by atoms with Gasteiger partial charge in [-0.2, -0.15) is 0 Å². The summed E-state index contributed by atoms with van der Waals surface area (Å²) in [5.74, 6) is 2.07. The summed E-state index contributed by atoms with van der Waals surface area (Å²) >= 11 is 0. The molecule has 0 aromatic heterocycles. The van der Waals surface area contributed by atoms with E-state index in [9.17, 15) is 10.1 Å². The largest absolute Gasteiger partial charge is 0.496 e. The molecule has 1 fully saturated rings. The van der Waals surface area contributed by atoms with Crippen LogP contribution in [-0.2, 0) is 6.54 Å². The van der Waals surface area contributed by atoms with Gasteiger partial charge in [-0.1, -0.05) is 6.07 Å². The van der Waals surface area contributed by atoms with Crippen molar-refractivity contribution in [2.75, 3.05) is 27.9 Å². The van der Waals surface area contributed by atoms with Gasteiger partial charge in [0, 0.05) is 30.3 Å². The van der Waals surface area contributed by atoms with Crippen molar-refractivity contribution >= 4 is 5.69 Å². The fourth-order valence-corrected chi connectivity index (χ4v) is 3.67. The van der Waals surface area contributed by atoms with Crippen molar-refractivity contribution in [3.8, 4) is 17.2 Å². The Balaban J connectivity index is 1.87. The van der Waals surface area contributed by atoms with E-state index < -0.39 is 0 Å². The molecule has 0 unspecified atom stereocenters. The zero-order chi connectivity index (χ0) is 19.4. The zero-order valence-corrected chi connectivity index (χ0v) is 15.8. The normalized spacial score (nSPS) is 16.9. The van der Waals surface area contributed by atoms with Gasteiger partial charge in [-0.3, -0.25) is 15.0 Å². The van der Waals surface area contributed by atoms with E-state index in [0.29, 0.717) is 23.8 Å². The highest BCUT2D eigenvalue weighted by atomic mass is 16.6. The fourth-order valence-electron chi connectivity index (χ4n) is 3.67. The van der Waals surface area contributed by atoms with E-state index in [4.69, 9.17) is 14.2 Å². The monoisotopic (exact) mass is 372 g/mol. The highest BCUT2D eigenvalue weighted by Gasteiger charge is 2.28. The van der Waals surface area contributed by atoms with Crippen LogP contribution in [0.2, 0.25) is 0 Å². The van der Waals surface area contributed by atoms with Gasteiger partial charge in [0.15, 0.2) is 11.5 Å². The number of nitrogens with zero attached hydrogens (tertiary/aromatic N) is 2. The Morgan fingerprint density at radius 3 is 2.41 bits per heavy atom. The molecule has 0 amide bonds. The number of likely N-dealkylation sites (tertiary alicyclic amines) is 1. The smallest absolute Gasteiger partial charge is 0.270 e. The molecule has 0 aliphatic carbocycles. The molecule has 1 aliphatic heterocycles. The number of hydrogen-bond donors (Lipinski definition) is 0. The first-order chi connectivity index (χ1) is 13.1. The summed E-state index contributed by atoms with van der Waals surface area (Å²) in [4.78, 5) is 13.1. The topological polar surface area (TPSA) is 74.1 Å². The van der Waals surface area contributed by atoms with Gasteiger partial charge in [-0.05, 0) is 43.1 Å². The average molecular weight is 372 g/mol. The third-order valence-corrected chi connectivity index (χ3v) is 5.00. The second-order valence-electron chi connectivity index (χ2n) is 6.50. The summed E-state index contributed by atoms with van der Waals surface area (Å²) in [6.07, 6.45) is 2.09. The highest BCUT2D eigenvalue weighted by Crippen LogP contribution is 2.38. The van der Waals surface area contributed by atoms with Crippen molar-refractivity contribution in [2.45, 2.75) is 25.4 Å². The maximum Gasteiger partial charge on any atom is 0.270 e. The van der Waals surface area contributed by atoms with Crippen molar-refractivity contribution in [1.29, 1.82) is 0 Å². The second kappa shape index (κ2) is 8.26. The second-order valence-corrected chi connectivity index (χ2v) is 6.50. The molecule has 3 rings (SSSR count). The predicted octanol–water partition coefficient (Wildman–Crippen LogP) is 3.96. The number of rotatable bonds is 7. The van der Waals surface area contributed by atoms with Gasteiger partial charge in [0.1, 0.15) is 5.75 Å². The molecule has 0 bridgehead atoms. The van der Waals surface area contributed by atoms with Crippen LogP contribution in [0.25, 0.3) is 0 Å². The Morgan fingerprint density at radius 1 is 1.04 bits per heavy atom. The third-order valence-electron chi connectivity index (χ3n) is 5.00. The Kier molecular flexibility index (Phi) is 5.81. The number of nitro benzene ring substituents is 1. The molecule has 1 heterocycles. The molecule has 144 valence electrons. The minimum absolute atomic E-state index is 0.0765. The molecule has 0 radical (unpaired) electrons. The number of benzene rings is 2. The standard InChI is InChI=1S/C20H24N2O5/c1-25-18-9-7-16(22(23)24)11-15(18)13-21-10-4-5-17(21)14-6-8-19(26-2)20(12-14)27-3/h6-9,11-12,17H,4-5,10,13H2,1-3H3/t17-/m1/s1. The lowest BCUT2D eigenvalue weighted by atomic mass is 10.0. The molecular weight excluding hydrogens is 348 g/mol. The minimum atomic E-state index is -0.376. The molecule has 27 heavy (non-hydrogen) atoms. The lowest BCUT2D eigenvalue weighted by Crippen LogP contribution is -2.23. The van der Waals surface area contributed by atoms with Crippen molar-refractivity contribution in [3.63, 3.8) is 0 Å². The fraction of sp³-hybridized carbons (Fsp3) is 0.400. The Morgan fingerprint density at radius 2 is 1.74 bits per heavy atom. The zero-order valence-electron chi connectivity index (χ0n) is 15.8. The van der Waals surface area contributed by atoms with E-state index in [2.05, 4.69) is 11.0 Å². The first kappa shape index (κ1) is 19.0. The predicted molar refractivity (Wildman–Crippen MR) is 102 cm³/mol. The van der Waals surface area contributed by atoms with Gasteiger partial charge in [-0.15, -0.1) is 0 Å². The first-order valence-corrected chi connectivity index (χ1v) is 8.84. The minimum Gasteiger partial charge on any atom is -0.496 e. The van der Waals surface area contributed by atoms with Crippen LogP contribution in [0.3, 0.4) is 0 Å². The van der Waals surface area contributed by atoms with Gasteiger partial charge in [-0.25, -0.2) is 0 Å². The molecule has 0 saturated carbocycles. The molecule has 0 N–H and O–H groups in total. The highest BCUT2D eigenvalue weighted by molar-refractivity contribution is 5.45. The van der Waals surface area contributed by atoms with E-state index in [0.717, 1.165) is 30.5 Å². The summed E-state index contributed by atoms with van der Waals surface area (Å²) in [7, 11) is 4.83. The van der Waals surface area contributed by atoms with E-state index >= 15 is 0 Å². The van der Waals surface area contributed by atoms with Crippen LogP contribution in [0, 0.1) is 10.1 Å². The Bertz CT molecular complexity index is 824. The molecule has 7 nitrogen and oxygen atoms in total. The van der Waals surface area contributed by atoms with Crippen LogP contribution in [0.4, 0.5) is 5.69 Å². The molecule has 2 aromatic carbocycles. The molecule has 1 saturated heterocycles.